The van der Waals surface area contributed by atoms with Crippen LogP contribution in [0.4, 0.5) is 0 Å². The molecule has 1 aliphatic heterocycles. The molecule has 6 nitrogen and oxygen atoms in total. The lowest BCUT2D eigenvalue weighted by Crippen LogP contribution is -2.47. The number of Topliss-reactive ketones (excluding diaryl/α,β-unsaturated/α-hetero) is 1. The molecule has 1 heterocycles. The van der Waals surface area contributed by atoms with Crippen molar-refractivity contribution in [2.24, 2.45) is 5.92 Å². The van der Waals surface area contributed by atoms with Gasteiger partial charge in [-0.05, 0) is 38.3 Å². The highest BCUT2D eigenvalue weighted by molar-refractivity contribution is 6.22. The van der Waals surface area contributed by atoms with E-state index in [1.165, 1.54) is 13.8 Å². The van der Waals surface area contributed by atoms with Crippen molar-refractivity contribution >= 4 is 23.6 Å². The average molecular weight is 331 g/mol. The van der Waals surface area contributed by atoms with Crippen molar-refractivity contribution in [3.8, 4) is 0 Å². The van der Waals surface area contributed by atoms with E-state index in [0.717, 1.165) is 4.90 Å². The van der Waals surface area contributed by atoms with E-state index in [0.29, 0.717) is 0 Å². The molecule has 0 radical (unpaired) electrons. The van der Waals surface area contributed by atoms with Crippen LogP contribution in [-0.4, -0.2) is 40.6 Å². The van der Waals surface area contributed by atoms with Gasteiger partial charge in [-0.25, -0.2) is 4.79 Å². The lowest BCUT2D eigenvalue weighted by atomic mass is 10.0. The van der Waals surface area contributed by atoms with Crippen LogP contribution in [-0.2, 0) is 14.3 Å². The number of rotatable bonds is 6. The summed E-state index contributed by atoms with van der Waals surface area (Å²) in [5.74, 6) is -1.99. The van der Waals surface area contributed by atoms with Crippen LogP contribution in [0.25, 0.3) is 0 Å². The van der Waals surface area contributed by atoms with Gasteiger partial charge in [-0.15, -0.1) is 0 Å². The average Bonchev–Trinajstić information content (AvgIpc) is 2.77. The van der Waals surface area contributed by atoms with Crippen LogP contribution in [0, 0.1) is 5.92 Å². The number of benzene rings is 1. The predicted molar refractivity (Wildman–Crippen MR) is 86.4 cm³/mol. The molecule has 0 aliphatic carbocycles. The van der Waals surface area contributed by atoms with Crippen LogP contribution in [0.5, 0.6) is 0 Å². The number of carbonyl (C=O) groups is 4. The first-order valence-corrected chi connectivity index (χ1v) is 7.91. The molecular weight excluding hydrogens is 310 g/mol. The van der Waals surface area contributed by atoms with Gasteiger partial charge in [-0.1, -0.05) is 26.0 Å². The number of imide groups is 1. The van der Waals surface area contributed by atoms with Gasteiger partial charge in [-0.3, -0.25) is 19.3 Å². The number of hydrogen-bond acceptors (Lipinski definition) is 5. The number of esters is 1. The van der Waals surface area contributed by atoms with Gasteiger partial charge < -0.3 is 4.74 Å². The van der Waals surface area contributed by atoms with Crippen LogP contribution < -0.4 is 0 Å². The molecule has 0 N–H and O–H groups in total. The summed E-state index contributed by atoms with van der Waals surface area (Å²) in [5.41, 5.74) is 0.562. The Morgan fingerprint density at radius 2 is 1.54 bits per heavy atom. The minimum absolute atomic E-state index is 0.0551. The van der Waals surface area contributed by atoms with E-state index in [4.69, 9.17) is 4.74 Å². The topological polar surface area (TPSA) is 80.8 Å². The van der Waals surface area contributed by atoms with E-state index < -0.39 is 29.9 Å². The second-order valence-electron chi connectivity index (χ2n) is 6.36. The Morgan fingerprint density at radius 1 is 1.04 bits per heavy atom. The molecule has 0 aromatic heterocycles. The first-order chi connectivity index (χ1) is 11.2. The first-order valence-electron chi connectivity index (χ1n) is 7.91. The molecule has 1 aromatic rings. The van der Waals surface area contributed by atoms with E-state index in [-0.39, 0.29) is 29.2 Å². The van der Waals surface area contributed by atoms with Gasteiger partial charge in [0.15, 0.2) is 11.9 Å². The molecule has 0 fully saturated rings. The van der Waals surface area contributed by atoms with Crippen molar-refractivity contribution in [1.82, 2.24) is 4.90 Å². The number of ether oxygens (including phenoxy) is 1. The smallest absolute Gasteiger partial charge is 0.330 e. The molecule has 6 heteroatoms. The van der Waals surface area contributed by atoms with E-state index in [9.17, 15) is 19.2 Å². The lowest BCUT2D eigenvalue weighted by Gasteiger charge is -2.26. The Kier molecular flexibility index (Phi) is 5.17. The minimum Gasteiger partial charge on any atom is -0.453 e. The fraction of sp³-hybridized carbons (Fsp3) is 0.444. The highest BCUT2D eigenvalue weighted by Crippen LogP contribution is 2.27. The van der Waals surface area contributed by atoms with Crippen molar-refractivity contribution in [2.45, 2.75) is 46.3 Å². The van der Waals surface area contributed by atoms with E-state index >= 15 is 0 Å². The van der Waals surface area contributed by atoms with Crippen LogP contribution in [0.3, 0.4) is 0 Å². The van der Waals surface area contributed by atoms with Crippen molar-refractivity contribution in [2.75, 3.05) is 0 Å². The molecule has 0 spiro atoms. The van der Waals surface area contributed by atoms with E-state index in [1.54, 1.807) is 24.3 Å². The highest BCUT2D eigenvalue weighted by Gasteiger charge is 2.43. The maximum absolute atomic E-state index is 12.6. The van der Waals surface area contributed by atoms with Crippen molar-refractivity contribution in [3.05, 3.63) is 35.4 Å². The number of hydrogen-bond donors (Lipinski definition) is 0. The first kappa shape index (κ1) is 17.8. The lowest BCUT2D eigenvalue weighted by molar-refractivity contribution is -0.157. The maximum Gasteiger partial charge on any atom is 0.330 e. The molecule has 2 amide bonds. The Labute approximate surface area is 140 Å². The predicted octanol–water partition coefficient (Wildman–Crippen LogP) is 2.22. The van der Waals surface area contributed by atoms with Gasteiger partial charge in [0.1, 0.15) is 6.04 Å². The standard InChI is InChI=1S/C18H21NO5/c1-10(2)9-15(18(23)24-12(4)11(3)20)19-16(21)13-7-5-6-8-14(13)17(19)22/h5-8,10,12,15H,9H2,1-4H3/t12-,15-/m0/s1. The van der Waals surface area contributed by atoms with Gasteiger partial charge in [-0.2, -0.15) is 0 Å². The summed E-state index contributed by atoms with van der Waals surface area (Å²) >= 11 is 0. The monoisotopic (exact) mass is 331 g/mol. The quantitative estimate of drug-likeness (QED) is 0.590. The molecule has 1 aliphatic rings. The Bertz CT molecular complexity index is 659. The fourth-order valence-corrected chi connectivity index (χ4v) is 2.58. The SMILES string of the molecule is CC(=O)[C@H](C)OC(=O)[C@H](CC(C)C)N1C(=O)c2ccccc2C1=O. The molecule has 0 bridgehead atoms. The zero-order valence-corrected chi connectivity index (χ0v) is 14.2. The maximum atomic E-state index is 12.6. The summed E-state index contributed by atoms with van der Waals surface area (Å²) in [4.78, 5) is 50.0. The fourth-order valence-electron chi connectivity index (χ4n) is 2.58. The summed E-state index contributed by atoms with van der Waals surface area (Å²) in [6.45, 7) is 6.55. The zero-order chi connectivity index (χ0) is 18.0. The Morgan fingerprint density at radius 3 is 1.96 bits per heavy atom. The van der Waals surface area contributed by atoms with Crippen LogP contribution in [0.1, 0.15) is 54.8 Å². The third kappa shape index (κ3) is 3.37. The van der Waals surface area contributed by atoms with E-state index in [2.05, 4.69) is 0 Å². The molecule has 0 saturated heterocycles. The molecule has 2 atom stereocenters. The molecule has 128 valence electrons. The summed E-state index contributed by atoms with van der Waals surface area (Å²) in [5, 5.41) is 0. The molecule has 24 heavy (non-hydrogen) atoms. The molecule has 0 unspecified atom stereocenters. The van der Waals surface area contributed by atoms with E-state index in [1.807, 2.05) is 13.8 Å². The third-order valence-electron chi connectivity index (χ3n) is 3.97. The largest absolute Gasteiger partial charge is 0.453 e. The number of ketones is 1. The summed E-state index contributed by atoms with van der Waals surface area (Å²) in [6.07, 6.45) is -0.642. The van der Waals surface area contributed by atoms with Crippen molar-refractivity contribution in [1.29, 1.82) is 0 Å². The van der Waals surface area contributed by atoms with Crippen LogP contribution in [0.2, 0.25) is 0 Å². The number of nitrogens with zero attached hydrogens (tertiary/aromatic N) is 1. The zero-order valence-electron chi connectivity index (χ0n) is 14.2. The summed E-state index contributed by atoms with van der Waals surface area (Å²) in [6, 6.07) is 5.42. The van der Waals surface area contributed by atoms with Gasteiger partial charge in [0.05, 0.1) is 11.1 Å². The molecular formula is C18H21NO5. The molecule has 2 rings (SSSR count). The molecule has 0 saturated carbocycles. The third-order valence-corrected chi connectivity index (χ3v) is 3.97. The van der Waals surface area contributed by atoms with Crippen molar-refractivity contribution in [3.63, 3.8) is 0 Å². The second kappa shape index (κ2) is 6.95. The van der Waals surface area contributed by atoms with Gasteiger partial charge in [0.25, 0.3) is 11.8 Å². The van der Waals surface area contributed by atoms with Gasteiger partial charge in [0.2, 0.25) is 0 Å². The van der Waals surface area contributed by atoms with Crippen LogP contribution in [0.15, 0.2) is 24.3 Å². The number of fused-ring (bicyclic) bond motifs is 1. The summed E-state index contributed by atoms with van der Waals surface area (Å²) < 4.78 is 5.15. The Hall–Kier alpha value is -2.50. The highest BCUT2D eigenvalue weighted by atomic mass is 16.5. The Balaban J connectivity index is 2.32. The number of amides is 2. The van der Waals surface area contributed by atoms with Crippen LogP contribution >= 0.6 is 0 Å². The van der Waals surface area contributed by atoms with Crippen molar-refractivity contribution < 1.29 is 23.9 Å². The minimum atomic E-state index is -1.04. The second-order valence-corrected chi connectivity index (χ2v) is 6.36. The normalized spacial score (nSPS) is 16.1. The van der Waals surface area contributed by atoms with Gasteiger partial charge >= 0.3 is 5.97 Å². The number of carbonyl (C=O) groups excluding carboxylic acids is 4. The van der Waals surface area contributed by atoms with Gasteiger partial charge in [0, 0.05) is 0 Å². The molecule has 1 aromatic carbocycles. The summed E-state index contributed by atoms with van der Waals surface area (Å²) in [7, 11) is 0.